The van der Waals surface area contributed by atoms with Gasteiger partial charge < -0.3 is 15.3 Å². The van der Waals surface area contributed by atoms with Gasteiger partial charge in [0.2, 0.25) is 5.91 Å². The smallest absolute Gasteiger partial charge is 0.339 e. The summed E-state index contributed by atoms with van der Waals surface area (Å²) < 4.78 is 0. The summed E-state index contributed by atoms with van der Waals surface area (Å²) in [6.07, 6.45) is 3.59. The Labute approximate surface area is 105 Å². The van der Waals surface area contributed by atoms with E-state index >= 15 is 0 Å². The van der Waals surface area contributed by atoms with Gasteiger partial charge >= 0.3 is 5.97 Å². The highest BCUT2D eigenvalue weighted by molar-refractivity contribution is 5.96. The molecule has 0 aromatic carbocycles. The van der Waals surface area contributed by atoms with Crippen molar-refractivity contribution in [2.45, 2.75) is 19.8 Å². The molecule has 0 saturated carbocycles. The van der Waals surface area contributed by atoms with Crippen molar-refractivity contribution < 1.29 is 14.7 Å². The molecule has 0 unspecified atom stereocenters. The van der Waals surface area contributed by atoms with Crippen molar-refractivity contribution in [3.8, 4) is 0 Å². The first-order valence-electron chi connectivity index (χ1n) is 5.84. The molecule has 96 valence electrons. The van der Waals surface area contributed by atoms with Crippen molar-refractivity contribution in [1.29, 1.82) is 0 Å². The fraction of sp³-hybridized carbons (Fsp3) is 0.417. The largest absolute Gasteiger partial charge is 0.478 e. The molecule has 1 saturated heterocycles. The predicted molar refractivity (Wildman–Crippen MR) is 66.9 cm³/mol. The van der Waals surface area contributed by atoms with Crippen LogP contribution in [0, 0.1) is 0 Å². The van der Waals surface area contributed by atoms with Crippen LogP contribution >= 0.6 is 0 Å². The molecule has 6 nitrogen and oxygen atoms in total. The van der Waals surface area contributed by atoms with Gasteiger partial charge in [0.25, 0.3) is 0 Å². The maximum Gasteiger partial charge on any atom is 0.339 e. The normalized spacial score (nSPS) is 14.6. The molecule has 2 rings (SSSR count). The zero-order chi connectivity index (χ0) is 13.1. The molecular weight excluding hydrogens is 234 g/mol. The van der Waals surface area contributed by atoms with Gasteiger partial charge in [0, 0.05) is 20.0 Å². The number of rotatable bonds is 3. The highest BCUT2D eigenvalue weighted by atomic mass is 16.4. The number of nitrogens with one attached hydrogen (secondary N) is 1. The van der Waals surface area contributed by atoms with Crippen molar-refractivity contribution in [3.05, 3.63) is 17.8 Å². The van der Waals surface area contributed by atoms with Crippen LogP contribution in [-0.2, 0) is 4.79 Å². The van der Waals surface area contributed by atoms with Crippen molar-refractivity contribution in [3.63, 3.8) is 0 Å². The van der Waals surface area contributed by atoms with Crippen molar-refractivity contribution in [1.82, 2.24) is 4.98 Å². The highest BCUT2D eigenvalue weighted by Gasteiger charge is 2.21. The average Bonchev–Trinajstić information content (AvgIpc) is 2.81. The predicted octanol–water partition coefficient (Wildman–Crippen LogP) is 1.34. The van der Waals surface area contributed by atoms with Gasteiger partial charge in [-0.1, -0.05) is 0 Å². The Bertz CT molecular complexity index is 481. The number of hydrogen-bond acceptors (Lipinski definition) is 4. The first-order chi connectivity index (χ1) is 8.58. The Hall–Kier alpha value is -2.11. The lowest BCUT2D eigenvalue weighted by molar-refractivity contribution is -0.114. The van der Waals surface area contributed by atoms with Crippen LogP contribution in [0.25, 0.3) is 0 Å². The van der Waals surface area contributed by atoms with E-state index in [1.807, 2.05) is 4.90 Å². The maximum atomic E-state index is 11.2. The minimum Gasteiger partial charge on any atom is -0.478 e. The lowest BCUT2D eigenvalue weighted by atomic mass is 10.2. The number of pyridine rings is 1. The van der Waals surface area contributed by atoms with Gasteiger partial charge in [-0.3, -0.25) is 4.79 Å². The SMILES string of the molecule is CC(=O)Nc1cnc(N2CCCC2)c(C(=O)O)c1. The van der Waals surface area contributed by atoms with Crippen LogP contribution in [0.5, 0.6) is 0 Å². The summed E-state index contributed by atoms with van der Waals surface area (Å²) in [4.78, 5) is 28.3. The molecule has 0 radical (unpaired) electrons. The fourth-order valence-electron chi connectivity index (χ4n) is 2.07. The van der Waals surface area contributed by atoms with Gasteiger partial charge in [0.05, 0.1) is 11.9 Å². The third-order valence-corrected chi connectivity index (χ3v) is 2.82. The van der Waals surface area contributed by atoms with E-state index in [4.69, 9.17) is 0 Å². The van der Waals surface area contributed by atoms with E-state index in [9.17, 15) is 14.7 Å². The van der Waals surface area contributed by atoms with Gasteiger partial charge in [-0.05, 0) is 18.9 Å². The second-order valence-electron chi connectivity index (χ2n) is 4.28. The molecule has 0 spiro atoms. The molecule has 1 aromatic heterocycles. The van der Waals surface area contributed by atoms with Crippen LogP contribution in [0.3, 0.4) is 0 Å². The quantitative estimate of drug-likeness (QED) is 0.844. The van der Waals surface area contributed by atoms with Crippen LogP contribution in [0.4, 0.5) is 11.5 Å². The number of carboxylic acids is 1. The molecule has 0 bridgehead atoms. The van der Waals surface area contributed by atoms with E-state index in [0.29, 0.717) is 11.5 Å². The van der Waals surface area contributed by atoms with Crippen LogP contribution in [0.15, 0.2) is 12.3 Å². The standard InChI is InChI=1S/C12H15N3O3/c1-8(16)14-9-6-10(12(17)18)11(13-7-9)15-4-2-3-5-15/h6-7H,2-5H2,1H3,(H,14,16)(H,17,18). The first-order valence-corrected chi connectivity index (χ1v) is 5.84. The zero-order valence-electron chi connectivity index (χ0n) is 10.1. The first kappa shape index (κ1) is 12.3. The molecule has 0 atom stereocenters. The van der Waals surface area contributed by atoms with Crippen molar-refractivity contribution >= 4 is 23.4 Å². The van der Waals surface area contributed by atoms with E-state index in [-0.39, 0.29) is 11.5 Å². The summed E-state index contributed by atoms with van der Waals surface area (Å²) in [6.45, 7) is 3.02. The molecule has 18 heavy (non-hydrogen) atoms. The number of nitrogens with zero attached hydrogens (tertiary/aromatic N) is 2. The van der Waals surface area contributed by atoms with Crippen LogP contribution in [-0.4, -0.2) is 35.1 Å². The second kappa shape index (κ2) is 5.03. The number of carboxylic acid groups (broad SMARTS) is 1. The van der Waals surface area contributed by atoms with E-state index in [0.717, 1.165) is 25.9 Å². The van der Waals surface area contributed by atoms with Crippen LogP contribution in [0.2, 0.25) is 0 Å². The van der Waals surface area contributed by atoms with E-state index in [1.54, 1.807) is 0 Å². The summed E-state index contributed by atoms with van der Waals surface area (Å²) in [7, 11) is 0. The van der Waals surface area contributed by atoms with E-state index in [1.165, 1.54) is 19.2 Å². The molecule has 1 aliphatic heterocycles. The second-order valence-corrected chi connectivity index (χ2v) is 4.28. The van der Waals surface area contributed by atoms with Crippen molar-refractivity contribution in [2.24, 2.45) is 0 Å². The Morgan fingerprint density at radius 2 is 2.06 bits per heavy atom. The fourth-order valence-corrected chi connectivity index (χ4v) is 2.07. The topological polar surface area (TPSA) is 82.5 Å². The highest BCUT2D eigenvalue weighted by Crippen LogP contribution is 2.24. The zero-order valence-corrected chi connectivity index (χ0v) is 10.1. The van der Waals surface area contributed by atoms with Crippen LogP contribution in [0.1, 0.15) is 30.1 Å². The molecule has 1 fully saturated rings. The molecule has 0 aliphatic carbocycles. The number of aromatic carboxylic acids is 1. The van der Waals surface area contributed by atoms with Gasteiger partial charge in [0.1, 0.15) is 11.4 Å². The van der Waals surface area contributed by atoms with E-state index in [2.05, 4.69) is 10.3 Å². The monoisotopic (exact) mass is 249 g/mol. The molecule has 2 heterocycles. The molecule has 1 aromatic rings. The summed E-state index contributed by atoms with van der Waals surface area (Å²) in [5, 5.41) is 11.7. The Morgan fingerprint density at radius 1 is 1.39 bits per heavy atom. The molecular formula is C12H15N3O3. The third kappa shape index (κ3) is 2.58. The average molecular weight is 249 g/mol. The Morgan fingerprint density at radius 3 is 2.61 bits per heavy atom. The van der Waals surface area contributed by atoms with Gasteiger partial charge in [0.15, 0.2) is 0 Å². The lowest BCUT2D eigenvalue weighted by Crippen LogP contribution is -2.22. The maximum absolute atomic E-state index is 11.2. The number of hydrogen-bond donors (Lipinski definition) is 2. The van der Waals surface area contributed by atoms with Gasteiger partial charge in [-0.15, -0.1) is 0 Å². The Kier molecular flexibility index (Phi) is 3.45. The third-order valence-electron chi connectivity index (χ3n) is 2.82. The number of carbonyl (C=O) groups excluding carboxylic acids is 1. The lowest BCUT2D eigenvalue weighted by Gasteiger charge is -2.18. The number of amides is 1. The summed E-state index contributed by atoms with van der Waals surface area (Å²) in [6, 6.07) is 1.45. The number of aromatic nitrogens is 1. The minimum absolute atomic E-state index is 0.128. The van der Waals surface area contributed by atoms with E-state index < -0.39 is 5.97 Å². The van der Waals surface area contributed by atoms with Crippen molar-refractivity contribution in [2.75, 3.05) is 23.3 Å². The molecule has 2 N–H and O–H groups in total. The molecule has 6 heteroatoms. The number of carbonyl (C=O) groups is 2. The summed E-state index contributed by atoms with van der Waals surface area (Å²) in [5.41, 5.74) is 0.533. The molecule has 1 aliphatic rings. The summed E-state index contributed by atoms with van der Waals surface area (Å²) >= 11 is 0. The summed E-state index contributed by atoms with van der Waals surface area (Å²) in [5.74, 6) is -0.798. The minimum atomic E-state index is -1.03. The van der Waals surface area contributed by atoms with Crippen LogP contribution < -0.4 is 10.2 Å². The number of anilines is 2. The molecule has 1 amide bonds. The Balaban J connectivity index is 2.34. The van der Waals surface area contributed by atoms with Gasteiger partial charge in [-0.25, -0.2) is 9.78 Å². The van der Waals surface area contributed by atoms with Gasteiger partial charge in [-0.2, -0.15) is 0 Å².